The van der Waals surface area contributed by atoms with Gasteiger partial charge in [0.25, 0.3) is 0 Å². The third-order valence-electron chi connectivity index (χ3n) is 5.59. The van der Waals surface area contributed by atoms with Crippen molar-refractivity contribution >= 4 is 27.5 Å². The number of para-hydroxylation sites is 2. The van der Waals surface area contributed by atoms with Gasteiger partial charge in [-0.25, -0.2) is 12.8 Å². The van der Waals surface area contributed by atoms with E-state index in [1.807, 2.05) is 6.92 Å². The van der Waals surface area contributed by atoms with Gasteiger partial charge in [-0.3, -0.25) is 13.9 Å². The van der Waals surface area contributed by atoms with Gasteiger partial charge in [0.2, 0.25) is 21.8 Å². The zero-order valence-electron chi connectivity index (χ0n) is 21.4. The molecule has 0 fully saturated rings. The van der Waals surface area contributed by atoms with Gasteiger partial charge in [-0.05, 0) is 49.6 Å². The van der Waals surface area contributed by atoms with Crippen LogP contribution in [0.25, 0.3) is 0 Å². The minimum atomic E-state index is -3.88. The second-order valence-electron chi connectivity index (χ2n) is 8.39. The van der Waals surface area contributed by atoms with E-state index in [2.05, 4.69) is 5.32 Å². The molecule has 198 valence electrons. The summed E-state index contributed by atoms with van der Waals surface area (Å²) in [4.78, 5) is 28.0. The highest BCUT2D eigenvalue weighted by molar-refractivity contribution is 7.92. The Morgan fingerprint density at radius 3 is 2.31 bits per heavy atom. The maximum Gasteiger partial charge on any atom is 0.244 e. The number of nitrogens with one attached hydrogen (secondary N) is 1. The van der Waals surface area contributed by atoms with Crippen molar-refractivity contribution in [2.75, 3.05) is 30.3 Å². The Balaban J connectivity index is 2.44. The molecule has 2 aromatic carbocycles. The smallest absolute Gasteiger partial charge is 0.244 e. The first kappa shape index (κ1) is 29.1. The van der Waals surface area contributed by atoms with Gasteiger partial charge < -0.3 is 15.0 Å². The number of anilines is 1. The topological polar surface area (TPSA) is 96.0 Å². The van der Waals surface area contributed by atoms with Crippen molar-refractivity contribution in [3.05, 3.63) is 59.9 Å². The lowest BCUT2D eigenvalue weighted by Gasteiger charge is -2.33. The van der Waals surface area contributed by atoms with Crippen molar-refractivity contribution < 1.29 is 27.1 Å². The van der Waals surface area contributed by atoms with Gasteiger partial charge in [0.1, 0.15) is 24.2 Å². The van der Waals surface area contributed by atoms with E-state index in [1.54, 1.807) is 38.1 Å². The van der Waals surface area contributed by atoms with Crippen LogP contribution in [0.3, 0.4) is 0 Å². The lowest BCUT2D eigenvalue weighted by molar-refractivity contribution is -0.140. The predicted octanol–water partition coefficient (Wildman–Crippen LogP) is 3.71. The van der Waals surface area contributed by atoms with Crippen LogP contribution in [-0.2, 0) is 26.2 Å². The molecule has 1 N–H and O–H groups in total. The fourth-order valence-electron chi connectivity index (χ4n) is 3.75. The van der Waals surface area contributed by atoms with Gasteiger partial charge in [0, 0.05) is 13.1 Å². The van der Waals surface area contributed by atoms with E-state index in [0.29, 0.717) is 30.9 Å². The maximum absolute atomic E-state index is 13.7. The quantitative estimate of drug-likeness (QED) is 0.383. The lowest BCUT2D eigenvalue weighted by Crippen LogP contribution is -2.52. The van der Waals surface area contributed by atoms with Gasteiger partial charge in [-0.15, -0.1) is 0 Å². The van der Waals surface area contributed by atoms with Crippen molar-refractivity contribution in [2.45, 2.75) is 52.6 Å². The average Bonchev–Trinajstić information content (AvgIpc) is 2.83. The number of hydrogen-bond acceptors (Lipinski definition) is 5. The predicted molar refractivity (Wildman–Crippen MR) is 139 cm³/mol. The van der Waals surface area contributed by atoms with E-state index < -0.39 is 34.3 Å². The number of hydrogen-bond donors (Lipinski definition) is 1. The number of carbonyl (C=O) groups is 2. The van der Waals surface area contributed by atoms with Crippen molar-refractivity contribution in [3.8, 4) is 5.75 Å². The van der Waals surface area contributed by atoms with Crippen LogP contribution in [0.2, 0.25) is 0 Å². The summed E-state index contributed by atoms with van der Waals surface area (Å²) in [5.74, 6) is -0.972. The molecule has 0 radical (unpaired) electrons. The minimum Gasteiger partial charge on any atom is -0.492 e. The average molecular weight is 522 g/mol. The number of halogens is 1. The van der Waals surface area contributed by atoms with E-state index >= 15 is 0 Å². The lowest BCUT2D eigenvalue weighted by atomic mass is 10.1. The first-order valence-electron chi connectivity index (χ1n) is 12.1. The molecule has 1 atom stereocenters. The Kier molecular flexibility index (Phi) is 11.2. The summed E-state index contributed by atoms with van der Waals surface area (Å²) in [6.07, 6.45) is 3.03. The number of amides is 2. The van der Waals surface area contributed by atoms with Gasteiger partial charge in [-0.1, -0.05) is 44.5 Å². The van der Waals surface area contributed by atoms with Gasteiger partial charge >= 0.3 is 0 Å². The van der Waals surface area contributed by atoms with E-state index in [9.17, 15) is 22.4 Å². The highest BCUT2D eigenvalue weighted by Gasteiger charge is 2.32. The maximum atomic E-state index is 13.7. The summed E-state index contributed by atoms with van der Waals surface area (Å²) in [5.41, 5.74) is 0.850. The summed E-state index contributed by atoms with van der Waals surface area (Å²) in [7, 11) is -3.88. The third kappa shape index (κ3) is 8.22. The third-order valence-corrected chi connectivity index (χ3v) is 6.72. The molecule has 0 aliphatic heterocycles. The molecule has 10 heteroatoms. The fraction of sp³-hybridized carbons (Fsp3) is 0.462. The van der Waals surface area contributed by atoms with Crippen LogP contribution < -0.4 is 14.4 Å². The molecular weight excluding hydrogens is 485 g/mol. The second-order valence-corrected chi connectivity index (χ2v) is 10.3. The fourth-order valence-corrected chi connectivity index (χ4v) is 4.60. The molecule has 0 spiro atoms. The second kappa shape index (κ2) is 13.8. The van der Waals surface area contributed by atoms with Gasteiger partial charge in [-0.2, -0.15) is 0 Å². The van der Waals surface area contributed by atoms with Crippen LogP contribution in [0.1, 0.15) is 45.6 Å². The number of rotatable bonds is 14. The van der Waals surface area contributed by atoms with Crippen molar-refractivity contribution in [2.24, 2.45) is 0 Å². The van der Waals surface area contributed by atoms with Gasteiger partial charge in [0.05, 0.1) is 18.6 Å². The van der Waals surface area contributed by atoms with E-state index in [1.165, 1.54) is 29.2 Å². The summed E-state index contributed by atoms with van der Waals surface area (Å²) in [6, 6.07) is 11.4. The molecule has 1 unspecified atom stereocenters. The molecule has 2 amide bonds. The largest absolute Gasteiger partial charge is 0.492 e. The summed E-state index contributed by atoms with van der Waals surface area (Å²) in [6.45, 7) is 5.85. The standard InChI is InChI=1S/C26H36FN3O5S/c1-5-8-17-28-26(32)22(6-2)29(18-20-13-15-21(27)16-14-20)25(31)19-30(36(4,33)34)23-11-9-10-12-24(23)35-7-3/h9-16,22H,5-8,17-19H2,1-4H3,(H,28,32). The van der Waals surface area contributed by atoms with Crippen LogP contribution in [-0.4, -0.2) is 57.1 Å². The molecule has 0 bridgehead atoms. The first-order valence-corrected chi connectivity index (χ1v) is 14.0. The SMILES string of the molecule is CCCCNC(=O)C(CC)N(Cc1ccc(F)cc1)C(=O)CN(c1ccccc1OCC)S(C)(=O)=O. The van der Waals surface area contributed by atoms with E-state index in [4.69, 9.17) is 4.74 Å². The Morgan fingerprint density at radius 2 is 1.72 bits per heavy atom. The molecule has 0 saturated heterocycles. The van der Waals surface area contributed by atoms with Crippen LogP contribution in [0.5, 0.6) is 5.75 Å². The molecule has 2 rings (SSSR count). The molecule has 8 nitrogen and oxygen atoms in total. The zero-order valence-corrected chi connectivity index (χ0v) is 22.2. The molecule has 0 heterocycles. The minimum absolute atomic E-state index is 0.0174. The summed E-state index contributed by atoms with van der Waals surface area (Å²) in [5, 5.41) is 2.86. The molecule has 0 aliphatic carbocycles. The van der Waals surface area contributed by atoms with E-state index in [-0.39, 0.29) is 18.1 Å². The highest BCUT2D eigenvalue weighted by Crippen LogP contribution is 2.30. The van der Waals surface area contributed by atoms with Crippen molar-refractivity contribution in [3.63, 3.8) is 0 Å². The monoisotopic (exact) mass is 521 g/mol. The van der Waals surface area contributed by atoms with Crippen molar-refractivity contribution in [1.29, 1.82) is 0 Å². The molecule has 2 aromatic rings. The Hall–Kier alpha value is -3.14. The van der Waals surface area contributed by atoms with Crippen molar-refractivity contribution in [1.82, 2.24) is 10.2 Å². The normalized spacial score (nSPS) is 12.0. The number of sulfonamides is 1. The van der Waals surface area contributed by atoms with Crippen LogP contribution in [0.15, 0.2) is 48.5 Å². The number of carbonyl (C=O) groups excluding carboxylic acids is 2. The molecular formula is C26H36FN3O5S. The Labute approximate surface area is 213 Å². The summed E-state index contributed by atoms with van der Waals surface area (Å²) >= 11 is 0. The molecule has 0 saturated carbocycles. The van der Waals surface area contributed by atoms with Crippen LogP contribution in [0, 0.1) is 5.82 Å². The number of nitrogens with zero attached hydrogens (tertiary/aromatic N) is 2. The zero-order chi connectivity index (χ0) is 26.7. The molecule has 36 heavy (non-hydrogen) atoms. The first-order chi connectivity index (χ1) is 17.1. The number of ether oxygens (including phenoxy) is 1. The number of benzene rings is 2. The van der Waals surface area contributed by atoms with Crippen LogP contribution >= 0.6 is 0 Å². The number of unbranched alkanes of at least 4 members (excludes halogenated alkanes) is 1. The summed E-state index contributed by atoms with van der Waals surface area (Å²) < 4.78 is 45.6. The molecule has 0 aromatic heterocycles. The Morgan fingerprint density at radius 1 is 1.06 bits per heavy atom. The Bertz CT molecular complexity index is 1110. The van der Waals surface area contributed by atoms with Crippen LogP contribution in [0.4, 0.5) is 10.1 Å². The molecule has 0 aliphatic rings. The van der Waals surface area contributed by atoms with E-state index in [0.717, 1.165) is 23.4 Å². The highest BCUT2D eigenvalue weighted by atomic mass is 32.2. The van der Waals surface area contributed by atoms with Gasteiger partial charge in [0.15, 0.2) is 0 Å².